The Bertz CT molecular complexity index is 373. The minimum absolute atomic E-state index is 0.337. The molecule has 0 aromatic rings. The van der Waals surface area contributed by atoms with Gasteiger partial charge < -0.3 is 14.9 Å². The quantitative estimate of drug-likeness (QED) is 0.721. The van der Waals surface area contributed by atoms with Crippen LogP contribution in [0.5, 0.6) is 0 Å². The molecule has 2 fully saturated rings. The van der Waals surface area contributed by atoms with Gasteiger partial charge in [0.2, 0.25) is 0 Å². The van der Waals surface area contributed by atoms with Gasteiger partial charge in [-0.1, -0.05) is 20.3 Å². The van der Waals surface area contributed by atoms with Gasteiger partial charge in [-0.05, 0) is 45.2 Å². The number of nitrogens with zero attached hydrogens (tertiary/aromatic N) is 1. The van der Waals surface area contributed by atoms with E-state index in [-0.39, 0.29) is 5.92 Å². The van der Waals surface area contributed by atoms with E-state index >= 15 is 0 Å². The van der Waals surface area contributed by atoms with E-state index < -0.39 is 17.7 Å². The molecule has 5 heteroatoms. The molecular formula is C16H29NO4. The molecule has 2 rings (SSSR count). The molecule has 122 valence electrons. The molecule has 0 saturated carbocycles. The van der Waals surface area contributed by atoms with Crippen LogP contribution in [0.4, 0.5) is 0 Å². The van der Waals surface area contributed by atoms with Crippen LogP contribution in [0.3, 0.4) is 0 Å². The lowest BCUT2D eigenvalue weighted by Crippen LogP contribution is -2.54. The van der Waals surface area contributed by atoms with Crippen LogP contribution in [0.15, 0.2) is 0 Å². The molecule has 0 aliphatic carbocycles. The number of carbonyl (C=O) groups excluding carboxylic acids is 1. The fraction of sp³-hybridized carbons (Fsp3) is 0.938. The number of esters is 1. The van der Waals surface area contributed by atoms with E-state index in [1.54, 1.807) is 6.92 Å². The summed E-state index contributed by atoms with van der Waals surface area (Å²) in [6.45, 7) is 7.69. The maximum absolute atomic E-state index is 12.3. The van der Waals surface area contributed by atoms with E-state index in [0.717, 1.165) is 19.5 Å². The third-order valence-corrected chi connectivity index (χ3v) is 5.50. The Morgan fingerprint density at radius 1 is 1.38 bits per heavy atom. The molecule has 21 heavy (non-hydrogen) atoms. The number of hydrogen-bond donors (Lipinski definition) is 2. The average Bonchev–Trinajstić information content (AvgIpc) is 3.06. The van der Waals surface area contributed by atoms with E-state index in [0.29, 0.717) is 25.0 Å². The van der Waals surface area contributed by atoms with Crippen molar-refractivity contribution in [1.29, 1.82) is 0 Å². The summed E-state index contributed by atoms with van der Waals surface area (Å²) in [5.41, 5.74) is -1.80. The topological polar surface area (TPSA) is 70.0 Å². The van der Waals surface area contributed by atoms with Crippen molar-refractivity contribution in [2.75, 3.05) is 19.7 Å². The predicted molar refractivity (Wildman–Crippen MR) is 79.7 cm³/mol. The predicted octanol–water partition coefficient (Wildman–Crippen LogP) is 1.17. The van der Waals surface area contributed by atoms with Crippen LogP contribution in [-0.2, 0) is 9.53 Å². The highest BCUT2D eigenvalue weighted by molar-refractivity contribution is 5.80. The Balaban J connectivity index is 1.93. The van der Waals surface area contributed by atoms with Crippen molar-refractivity contribution in [2.45, 2.75) is 64.2 Å². The maximum Gasteiger partial charge on any atom is 0.341 e. The highest BCUT2D eigenvalue weighted by atomic mass is 16.6. The summed E-state index contributed by atoms with van der Waals surface area (Å²) in [5, 5.41) is 20.4. The monoisotopic (exact) mass is 299 g/mol. The Kier molecular flexibility index (Phi) is 5.28. The highest BCUT2D eigenvalue weighted by Crippen LogP contribution is 2.33. The number of carbonyl (C=O) groups is 1. The molecule has 0 radical (unpaired) electrons. The van der Waals surface area contributed by atoms with Gasteiger partial charge >= 0.3 is 5.97 Å². The lowest BCUT2D eigenvalue weighted by molar-refractivity contribution is -0.187. The fourth-order valence-corrected chi connectivity index (χ4v) is 3.77. The molecule has 0 spiro atoms. The van der Waals surface area contributed by atoms with Gasteiger partial charge in [0.15, 0.2) is 5.60 Å². The normalized spacial score (nSPS) is 31.5. The minimum Gasteiger partial charge on any atom is -0.463 e. The van der Waals surface area contributed by atoms with Crippen molar-refractivity contribution in [2.24, 2.45) is 11.8 Å². The second-order valence-corrected chi connectivity index (χ2v) is 6.70. The van der Waals surface area contributed by atoms with Gasteiger partial charge in [0, 0.05) is 12.0 Å². The van der Waals surface area contributed by atoms with E-state index in [2.05, 4.69) is 4.90 Å². The molecule has 2 aliphatic heterocycles. The molecule has 5 atom stereocenters. The summed E-state index contributed by atoms with van der Waals surface area (Å²) in [4.78, 5) is 14.8. The Morgan fingerprint density at radius 2 is 2.10 bits per heavy atom. The van der Waals surface area contributed by atoms with Gasteiger partial charge in [0.05, 0.1) is 12.7 Å². The van der Waals surface area contributed by atoms with Gasteiger partial charge in [-0.3, -0.25) is 4.90 Å². The summed E-state index contributed by atoms with van der Waals surface area (Å²) < 4.78 is 5.41. The van der Waals surface area contributed by atoms with E-state index in [9.17, 15) is 15.0 Å². The van der Waals surface area contributed by atoms with E-state index in [1.165, 1.54) is 19.8 Å². The average molecular weight is 299 g/mol. The molecule has 0 aromatic carbocycles. The number of ether oxygens (including phenoxy) is 1. The first-order chi connectivity index (χ1) is 9.91. The lowest BCUT2D eigenvalue weighted by atomic mass is 9.82. The molecule has 0 bridgehead atoms. The second-order valence-electron chi connectivity index (χ2n) is 6.70. The third-order valence-electron chi connectivity index (χ3n) is 5.50. The maximum atomic E-state index is 12.3. The zero-order valence-electron chi connectivity index (χ0n) is 13.4. The number of aliphatic hydroxyl groups excluding tert-OH is 1. The van der Waals surface area contributed by atoms with Crippen LogP contribution in [0, 0.1) is 11.8 Å². The molecular weight excluding hydrogens is 270 g/mol. The van der Waals surface area contributed by atoms with Crippen molar-refractivity contribution in [3.05, 3.63) is 0 Å². The van der Waals surface area contributed by atoms with Gasteiger partial charge in [-0.25, -0.2) is 4.79 Å². The summed E-state index contributed by atoms with van der Waals surface area (Å²) in [5.74, 6) is -0.647. The summed E-state index contributed by atoms with van der Waals surface area (Å²) >= 11 is 0. The molecule has 2 N–H and O–H groups in total. The van der Waals surface area contributed by atoms with Crippen molar-refractivity contribution in [3.8, 4) is 0 Å². The minimum atomic E-state index is -1.80. The Labute approximate surface area is 127 Å². The molecule has 2 saturated heterocycles. The molecule has 0 unspecified atom stereocenters. The van der Waals surface area contributed by atoms with Gasteiger partial charge in [0.1, 0.15) is 0 Å². The van der Waals surface area contributed by atoms with Gasteiger partial charge in [-0.15, -0.1) is 0 Å². The van der Waals surface area contributed by atoms with E-state index in [4.69, 9.17) is 4.74 Å². The largest absolute Gasteiger partial charge is 0.463 e. The number of hydrogen-bond acceptors (Lipinski definition) is 5. The SMILES string of the molecule is CC[C@H](C)[C@](O)(C(=O)OC[C@H]1CCN2CCC[C@H]12)[C@@H](C)O. The third kappa shape index (κ3) is 3.10. The number of fused-ring (bicyclic) bond motifs is 1. The molecule has 0 amide bonds. The van der Waals surface area contributed by atoms with E-state index in [1.807, 2.05) is 6.92 Å². The van der Waals surface area contributed by atoms with Crippen molar-refractivity contribution in [1.82, 2.24) is 4.90 Å². The zero-order chi connectivity index (χ0) is 15.6. The molecule has 0 aromatic heterocycles. The summed E-state index contributed by atoms with van der Waals surface area (Å²) in [6, 6.07) is 0.529. The first kappa shape index (κ1) is 16.7. The Morgan fingerprint density at radius 3 is 2.71 bits per heavy atom. The van der Waals surface area contributed by atoms with Crippen LogP contribution >= 0.6 is 0 Å². The molecule has 2 aliphatic rings. The van der Waals surface area contributed by atoms with Crippen molar-refractivity contribution < 1.29 is 19.7 Å². The zero-order valence-corrected chi connectivity index (χ0v) is 13.4. The van der Waals surface area contributed by atoms with Crippen LogP contribution in [0.25, 0.3) is 0 Å². The smallest absolute Gasteiger partial charge is 0.341 e. The van der Waals surface area contributed by atoms with Crippen molar-refractivity contribution >= 4 is 5.97 Å². The summed E-state index contributed by atoms with van der Waals surface area (Å²) in [7, 11) is 0. The Hall–Kier alpha value is -0.650. The lowest BCUT2D eigenvalue weighted by Gasteiger charge is -2.34. The van der Waals surface area contributed by atoms with Crippen LogP contribution in [0.2, 0.25) is 0 Å². The summed E-state index contributed by atoms with van der Waals surface area (Å²) in [6.07, 6.45) is 2.92. The standard InChI is InChI=1S/C16H29NO4/c1-4-11(2)16(20,12(3)18)15(19)21-10-13-7-9-17-8-5-6-14(13)17/h11-14,18,20H,4-10H2,1-3H3/t11-,12+,13+,14+,16+/m0/s1. The van der Waals surface area contributed by atoms with Gasteiger partial charge in [0.25, 0.3) is 0 Å². The first-order valence-electron chi connectivity index (χ1n) is 8.22. The second kappa shape index (κ2) is 6.63. The molecule has 5 nitrogen and oxygen atoms in total. The van der Waals surface area contributed by atoms with Crippen molar-refractivity contribution in [3.63, 3.8) is 0 Å². The molecule has 2 heterocycles. The number of rotatable bonds is 6. The fourth-order valence-electron chi connectivity index (χ4n) is 3.77. The van der Waals surface area contributed by atoms with Gasteiger partial charge in [-0.2, -0.15) is 0 Å². The first-order valence-corrected chi connectivity index (χ1v) is 8.22. The van der Waals surface area contributed by atoms with Crippen LogP contribution in [-0.4, -0.2) is 58.5 Å². The highest BCUT2D eigenvalue weighted by Gasteiger charge is 2.47. The van der Waals surface area contributed by atoms with Crippen LogP contribution < -0.4 is 0 Å². The van der Waals surface area contributed by atoms with Crippen LogP contribution in [0.1, 0.15) is 46.5 Å². The number of aliphatic hydroxyl groups is 2.